The second-order valence-electron chi connectivity index (χ2n) is 5.62. The van der Waals surface area contributed by atoms with Crippen molar-refractivity contribution in [2.45, 2.75) is 11.3 Å². The van der Waals surface area contributed by atoms with Crippen molar-refractivity contribution in [1.82, 2.24) is 4.98 Å². The Bertz CT molecular complexity index is 1050. The van der Waals surface area contributed by atoms with Crippen molar-refractivity contribution >= 4 is 54.8 Å². The number of rotatable bonds is 6. The van der Waals surface area contributed by atoms with Crippen LogP contribution in [0.1, 0.15) is 6.42 Å². The van der Waals surface area contributed by atoms with E-state index >= 15 is 0 Å². The third-order valence-electron chi connectivity index (χ3n) is 3.66. The van der Waals surface area contributed by atoms with E-state index in [2.05, 4.69) is 32.9 Å². The van der Waals surface area contributed by atoms with Crippen molar-refractivity contribution in [1.29, 1.82) is 0 Å². The van der Waals surface area contributed by atoms with Gasteiger partial charge < -0.3 is 5.32 Å². The fraction of sp³-hybridized carbons (Fsp3) is 0.111. The first kappa shape index (κ1) is 19.9. The van der Waals surface area contributed by atoms with Crippen LogP contribution < -0.4 is 5.32 Å². The SMILES string of the molecule is O=C(CCS(=O)(=O)c1ccc(F)cc1)Nc1nc(-c2ccc(I)cc2)cs1. The molecule has 1 aromatic heterocycles. The molecule has 0 saturated carbocycles. The zero-order chi connectivity index (χ0) is 19.4. The minimum absolute atomic E-state index is 0.00746. The Kier molecular flexibility index (Phi) is 6.22. The topological polar surface area (TPSA) is 76.1 Å². The summed E-state index contributed by atoms with van der Waals surface area (Å²) in [4.78, 5) is 16.4. The highest BCUT2D eigenvalue weighted by atomic mass is 127. The summed E-state index contributed by atoms with van der Waals surface area (Å²) < 4.78 is 38.4. The Balaban J connectivity index is 1.59. The van der Waals surface area contributed by atoms with Gasteiger partial charge >= 0.3 is 0 Å². The summed E-state index contributed by atoms with van der Waals surface area (Å²) in [6.45, 7) is 0. The fourth-order valence-corrected chi connectivity index (χ4v) is 4.59. The van der Waals surface area contributed by atoms with Crippen molar-refractivity contribution in [3.05, 3.63) is 63.3 Å². The van der Waals surface area contributed by atoms with Crippen LogP contribution in [0.15, 0.2) is 58.8 Å². The number of benzene rings is 2. The summed E-state index contributed by atoms with van der Waals surface area (Å²) in [5.41, 5.74) is 1.68. The predicted octanol–water partition coefficient (Wildman–Crippen LogP) is 4.36. The van der Waals surface area contributed by atoms with Gasteiger partial charge in [-0.1, -0.05) is 12.1 Å². The van der Waals surface area contributed by atoms with E-state index in [0.717, 1.165) is 27.0 Å². The van der Waals surface area contributed by atoms with Crippen LogP contribution >= 0.6 is 33.9 Å². The first-order chi connectivity index (χ1) is 12.8. The van der Waals surface area contributed by atoms with Crippen LogP contribution in [-0.4, -0.2) is 25.1 Å². The maximum atomic E-state index is 12.9. The van der Waals surface area contributed by atoms with Crippen molar-refractivity contribution in [2.24, 2.45) is 0 Å². The molecule has 0 saturated heterocycles. The maximum absolute atomic E-state index is 12.9. The molecule has 0 spiro atoms. The standard InChI is InChI=1S/C18H14FIN2O3S2/c19-13-3-7-15(8-4-13)27(24,25)10-9-17(23)22-18-21-16(11-26-18)12-1-5-14(20)6-2-12/h1-8,11H,9-10H2,(H,21,22,23). The number of nitrogens with one attached hydrogen (secondary N) is 1. The number of anilines is 1. The van der Waals surface area contributed by atoms with Crippen molar-refractivity contribution in [3.8, 4) is 11.3 Å². The van der Waals surface area contributed by atoms with E-state index < -0.39 is 21.6 Å². The van der Waals surface area contributed by atoms with E-state index in [4.69, 9.17) is 0 Å². The molecule has 0 radical (unpaired) electrons. The molecule has 2 aromatic carbocycles. The quantitative estimate of drug-likeness (QED) is 0.391. The van der Waals surface area contributed by atoms with Gasteiger partial charge in [-0.2, -0.15) is 0 Å². The lowest BCUT2D eigenvalue weighted by Gasteiger charge is -2.04. The minimum Gasteiger partial charge on any atom is -0.302 e. The molecule has 1 heterocycles. The van der Waals surface area contributed by atoms with Crippen LogP contribution in [0.4, 0.5) is 9.52 Å². The zero-order valence-corrected chi connectivity index (χ0v) is 17.6. The number of hydrogen-bond donors (Lipinski definition) is 1. The Morgan fingerprint density at radius 3 is 2.44 bits per heavy atom. The first-order valence-corrected chi connectivity index (χ1v) is 11.4. The number of sulfone groups is 1. The van der Waals surface area contributed by atoms with Crippen molar-refractivity contribution < 1.29 is 17.6 Å². The Hall–Kier alpha value is -1.85. The highest BCUT2D eigenvalue weighted by molar-refractivity contribution is 14.1. The smallest absolute Gasteiger partial charge is 0.227 e. The van der Waals surface area contributed by atoms with E-state index in [1.54, 1.807) is 0 Å². The third-order valence-corrected chi connectivity index (χ3v) is 6.87. The predicted molar refractivity (Wildman–Crippen MR) is 112 cm³/mol. The van der Waals surface area contributed by atoms with Crippen LogP contribution in [0, 0.1) is 9.39 Å². The number of carbonyl (C=O) groups is 1. The highest BCUT2D eigenvalue weighted by Gasteiger charge is 2.17. The highest BCUT2D eigenvalue weighted by Crippen LogP contribution is 2.25. The lowest BCUT2D eigenvalue weighted by atomic mass is 10.2. The molecule has 0 aliphatic heterocycles. The van der Waals surface area contributed by atoms with Gasteiger partial charge in [0, 0.05) is 20.9 Å². The lowest BCUT2D eigenvalue weighted by molar-refractivity contribution is -0.115. The zero-order valence-electron chi connectivity index (χ0n) is 13.9. The van der Waals surface area contributed by atoms with Gasteiger partial charge in [-0.3, -0.25) is 4.79 Å². The Morgan fingerprint density at radius 2 is 1.78 bits per heavy atom. The van der Waals surface area contributed by atoms with Gasteiger partial charge in [0.2, 0.25) is 5.91 Å². The van der Waals surface area contributed by atoms with E-state index in [-0.39, 0.29) is 17.1 Å². The van der Waals surface area contributed by atoms with E-state index in [0.29, 0.717) is 5.13 Å². The number of thiazole rings is 1. The molecule has 0 fully saturated rings. The summed E-state index contributed by atoms with van der Waals surface area (Å²) in [5.74, 6) is -1.32. The molecule has 0 unspecified atom stereocenters. The number of hydrogen-bond acceptors (Lipinski definition) is 5. The molecule has 3 rings (SSSR count). The van der Waals surface area contributed by atoms with E-state index in [1.807, 2.05) is 29.6 Å². The van der Waals surface area contributed by atoms with Gasteiger partial charge in [-0.25, -0.2) is 17.8 Å². The Morgan fingerprint density at radius 1 is 1.11 bits per heavy atom. The second-order valence-corrected chi connectivity index (χ2v) is 9.83. The Labute approximate surface area is 173 Å². The summed E-state index contributed by atoms with van der Waals surface area (Å²) in [5, 5.41) is 4.86. The van der Waals surface area contributed by atoms with Gasteiger partial charge in [0.1, 0.15) is 5.82 Å². The number of nitrogens with zero attached hydrogens (tertiary/aromatic N) is 1. The number of amides is 1. The van der Waals surface area contributed by atoms with Crippen LogP contribution in [0.25, 0.3) is 11.3 Å². The van der Waals surface area contributed by atoms with Gasteiger partial charge in [0.05, 0.1) is 16.3 Å². The number of carbonyl (C=O) groups excluding carboxylic acids is 1. The summed E-state index contributed by atoms with van der Waals surface area (Å²) in [6.07, 6.45) is -0.210. The molecule has 140 valence electrons. The molecule has 0 bridgehead atoms. The number of aromatic nitrogens is 1. The first-order valence-electron chi connectivity index (χ1n) is 7.83. The van der Waals surface area contributed by atoms with E-state index in [1.165, 1.54) is 23.5 Å². The van der Waals surface area contributed by atoms with E-state index in [9.17, 15) is 17.6 Å². The molecule has 0 aliphatic rings. The van der Waals surface area contributed by atoms with Gasteiger partial charge in [0.25, 0.3) is 0 Å². The lowest BCUT2D eigenvalue weighted by Crippen LogP contribution is -2.17. The molecule has 5 nitrogen and oxygen atoms in total. The monoisotopic (exact) mass is 516 g/mol. The maximum Gasteiger partial charge on any atom is 0.227 e. The van der Waals surface area contributed by atoms with Gasteiger partial charge in [-0.05, 0) is 59.0 Å². The van der Waals surface area contributed by atoms with Crippen LogP contribution in [0.5, 0.6) is 0 Å². The average Bonchev–Trinajstić information content (AvgIpc) is 3.09. The van der Waals surface area contributed by atoms with Crippen LogP contribution in [0.2, 0.25) is 0 Å². The van der Waals surface area contributed by atoms with Crippen molar-refractivity contribution in [3.63, 3.8) is 0 Å². The molecule has 0 aliphatic carbocycles. The number of halogens is 2. The van der Waals surface area contributed by atoms with Crippen LogP contribution in [0.3, 0.4) is 0 Å². The molecule has 3 aromatic rings. The summed E-state index contributed by atoms with van der Waals surface area (Å²) in [7, 11) is -3.65. The van der Waals surface area contributed by atoms with Gasteiger partial charge in [-0.15, -0.1) is 11.3 Å². The molecular weight excluding hydrogens is 502 g/mol. The molecule has 9 heteroatoms. The summed E-state index contributed by atoms with van der Waals surface area (Å²) in [6, 6.07) is 12.4. The molecule has 0 atom stereocenters. The molecule has 27 heavy (non-hydrogen) atoms. The summed E-state index contributed by atoms with van der Waals surface area (Å²) >= 11 is 3.49. The largest absolute Gasteiger partial charge is 0.302 e. The fourth-order valence-electron chi connectivity index (χ4n) is 2.25. The second kappa shape index (κ2) is 8.44. The molecule has 1 amide bonds. The van der Waals surface area contributed by atoms with Gasteiger partial charge in [0.15, 0.2) is 15.0 Å². The third kappa shape index (κ3) is 5.33. The molecule has 1 N–H and O–H groups in total. The normalized spacial score (nSPS) is 11.3. The molecular formula is C18H14FIN2O3S2. The minimum atomic E-state index is -3.65. The average molecular weight is 516 g/mol. The van der Waals surface area contributed by atoms with Crippen molar-refractivity contribution in [2.75, 3.05) is 11.1 Å². The van der Waals surface area contributed by atoms with Crippen LogP contribution in [-0.2, 0) is 14.6 Å².